The van der Waals surface area contributed by atoms with E-state index >= 15 is 0 Å². The van der Waals surface area contributed by atoms with E-state index in [9.17, 15) is 0 Å². The lowest BCUT2D eigenvalue weighted by molar-refractivity contribution is 0.356. The van der Waals surface area contributed by atoms with Crippen LogP contribution in [0.2, 0.25) is 0 Å². The van der Waals surface area contributed by atoms with Gasteiger partial charge in [-0.2, -0.15) is 0 Å². The molecule has 0 aliphatic carbocycles. The van der Waals surface area contributed by atoms with Gasteiger partial charge < -0.3 is 4.43 Å². The zero-order chi connectivity index (χ0) is 9.12. The maximum atomic E-state index is 5.65. The van der Waals surface area contributed by atoms with Gasteiger partial charge in [0, 0.05) is 6.61 Å². The van der Waals surface area contributed by atoms with E-state index in [0.717, 1.165) is 0 Å². The van der Waals surface area contributed by atoms with Gasteiger partial charge >= 0.3 is 0 Å². The maximum absolute atomic E-state index is 5.65. The topological polar surface area (TPSA) is 9.23 Å². The molecular formula is C4H5Cl5OSi. The molecule has 2 radical (unpaired) electrons. The first-order valence-electron chi connectivity index (χ1n) is 2.64. The first-order valence-corrected chi connectivity index (χ1v) is 5.44. The van der Waals surface area contributed by atoms with Crippen LogP contribution in [0.3, 0.4) is 0 Å². The highest BCUT2D eigenvalue weighted by Gasteiger charge is 2.47. The van der Waals surface area contributed by atoms with Gasteiger partial charge in [0.25, 0.3) is 9.76 Å². The molecule has 0 bridgehead atoms. The zero-order valence-electron chi connectivity index (χ0n) is 5.51. The minimum atomic E-state index is -1.72. The Kier molecular flexibility index (Phi) is 5.45. The quantitative estimate of drug-likeness (QED) is 0.567. The number of rotatable bonds is 3. The molecule has 0 amide bonds. The molecule has 0 spiro atoms. The summed E-state index contributed by atoms with van der Waals surface area (Å²) in [5, 5.41) is 0. The van der Waals surface area contributed by atoms with Crippen molar-refractivity contribution in [1.82, 2.24) is 0 Å². The molecule has 0 aromatic rings. The Hall–Kier alpha value is 1.63. The summed E-state index contributed by atoms with van der Waals surface area (Å²) in [5.41, 5.74) is 0. The van der Waals surface area contributed by atoms with Crippen molar-refractivity contribution in [1.29, 1.82) is 0 Å². The second kappa shape index (κ2) is 4.75. The fourth-order valence-corrected chi connectivity index (χ4v) is 1.34. The van der Waals surface area contributed by atoms with Gasteiger partial charge in [0.15, 0.2) is 3.96 Å². The predicted octanol–water partition coefficient (Wildman–Crippen LogP) is 3.14. The average molecular weight is 274 g/mol. The fraction of sp³-hybridized carbons (Fsp3) is 1.00. The maximum Gasteiger partial charge on any atom is 0.276 e. The highest BCUT2D eigenvalue weighted by molar-refractivity contribution is 6.84. The van der Waals surface area contributed by atoms with E-state index in [1.165, 1.54) is 0 Å². The Morgan fingerprint density at radius 3 is 1.91 bits per heavy atom. The Labute approximate surface area is 93.2 Å². The van der Waals surface area contributed by atoms with Crippen LogP contribution in [0, 0.1) is 0 Å². The molecule has 0 atom stereocenters. The van der Waals surface area contributed by atoms with Gasteiger partial charge in [0.05, 0.1) is 0 Å². The van der Waals surface area contributed by atoms with Crippen molar-refractivity contribution in [3.8, 4) is 0 Å². The molecule has 0 fully saturated rings. The van der Waals surface area contributed by atoms with Crippen molar-refractivity contribution >= 4 is 67.8 Å². The zero-order valence-corrected chi connectivity index (χ0v) is 10.3. The van der Waals surface area contributed by atoms with E-state index < -0.39 is 7.75 Å². The molecule has 1 nitrogen and oxygen atoms in total. The third-order valence-electron chi connectivity index (χ3n) is 0.701. The summed E-state index contributed by atoms with van der Waals surface area (Å²) in [7, 11) is -0.255. The lowest BCUT2D eigenvalue weighted by Gasteiger charge is -2.25. The minimum Gasteiger partial charge on any atom is -0.414 e. The lowest BCUT2D eigenvalue weighted by Crippen LogP contribution is -2.38. The number of alkyl halides is 5. The molecule has 66 valence electrons. The van der Waals surface area contributed by atoms with Crippen molar-refractivity contribution in [2.75, 3.05) is 6.61 Å². The van der Waals surface area contributed by atoms with E-state index in [2.05, 4.69) is 0 Å². The molecule has 0 heterocycles. The van der Waals surface area contributed by atoms with Crippen LogP contribution in [-0.2, 0) is 4.43 Å². The fourth-order valence-electron chi connectivity index (χ4n) is 0.221. The Morgan fingerprint density at radius 1 is 1.18 bits per heavy atom. The van der Waals surface area contributed by atoms with Gasteiger partial charge in [-0.05, 0) is 6.92 Å². The number of hydrogen-bond donors (Lipinski definition) is 0. The van der Waals surface area contributed by atoms with Crippen LogP contribution < -0.4 is 0 Å². The Bertz CT molecular complexity index is 122. The number of halogens is 5. The van der Waals surface area contributed by atoms with Crippen molar-refractivity contribution in [3.63, 3.8) is 0 Å². The smallest absolute Gasteiger partial charge is 0.276 e. The standard InChI is InChI=1S/C4H5Cl5OSi/c1-2-10-11-4(8,9)3(5,6)7/h2H2,1H3. The van der Waals surface area contributed by atoms with Crippen molar-refractivity contribution in [3.05, 3.63) is 0 Å². The van der Waals surface area contributed by atoms with Crippen LogP contribution in [0.5, 0.6) is 0 Å². The van der Waals surface area contributed by atoms with E-state index in [1.54, 1.807) is 6.92 Å². The molecular weight excluding hydrogens is 269 g/mol. The Morgan fingerprint density at radius 2 is 1.64 bits per heavy atom. The second-order valence-corrected chi connectivity index (χ2v) is 7.09. The van der Waals surface area contributed by atoms with Crippen LogP contribution in [0.25, 0.3) is 0 Å². The number of hydrogen-bond acceptors (Lipinski definition) is 1. The molecule has 0 aromatic carbocycles. The molecule has 0 aliphatic heterocycles. The van der Waals surface area contributed by atoms with Gasteiger partial charge in [-0.25, -0.2) is 0 Å². The summed E-state index contributed by atoms with van der Waals surface area (Å²) >= 11 is 27.7. The van der Waals surface area contributed by atoms with Crippen molar-refractivity contribution in [2.24, 2.45) is 0 Å². The summed E-state index contributed by atoms with van der Waals surface area (Å²) in [5.74, 6) is 0. The van der Waals surface area contributed by atoms with Crippen LogP contribution >= 0.6 is 58.0 Å². The third-order valence-corrected chi connectivity index (χ3v) is 4.70. The monoisotopic (exact) mass is 272 g/mol. The minimum absolute atomic E-state index is 0.255. The van der Waals surface area contributed by atoms with E-state index in [0.29, 0.717) is 6.61 Å². The van der Waals surface area contributed by atoms with Crippen LogP contribution in [-0.4, -0.2) is 24.1 Å². The van der Waals surface area contributed by atoms with Crippen LogP contribution in [0.15, 0.2) is 0 Å². The molecule has 11 heavy (non-hydrogen) atoms. The predicted molar refractivity (Wildman–Crippen MR) is 52.1 cm³/mol. The van der Waals surface area contributed by atoms with Crippen molar-refractivity contribution in [2.45, 2.75) is 14.7 Å². The molecule has 0 saturated heterocycles. The lowest BCUT2D eigenvalue weighted by atomic mass is 10.9. The van der Waals surface area contributed by atoms with Gasteiger partial charge in [0.2, 0.25) is 3.79 Å². The first-order chi connectivity index (χ1) is 4.81. The summed E-state index contributed by atoms with van der Waals surface area (Å²) in [6.07, 6.45) is 0. The van der Waals surface area contributed by atoms with Crippen molar-refractivity contribution < 1.29 is 4.43 Å². The largest absolute Gasteiger partial charge is 0.414 e. The summed E-state index contributed by atoms with van der Waals surface area (Å²) in [6.45, 7) is 2.29. The summed E-state index contributed by atoms with van der Waals surface area (Å²) in [4.78, 5) is 0. The molecule has 0 aliphatic rings. The summed E-state index contributed by atoms with van der Waals surface area (Å²) in [6, 6.07) is 0. The normalized spacial score (nSPS) is 13.6. The van der Waals surface area contributed by atoms with Gasteiger partial charge in [-0.1, -0.05) is 58.0 Å². The van der Waals surface area contributed by atoms with Gasteiger partial charge in [-0.3, -0.25) is 0 Å². The molecule has 0 N–H and O–H groups in total. The molecule has 0 saturated carbocycles. The summed E-state index contributed by atoms with van der Waals surface area (Å²) < 4.78 is 1.75. The average Bonchev–Trinajstić information content (AvgIpc) is 1.81. The second-order valence-electron chi connectivity index (χ2n) is 1.61. The van der Waals surface area contributed by atoms with E-state index in [4.69, 9.17) is 62.4 Å². The van der Waals surface area contributed by atoms with Gasteiger partial charge in [-0.15, -0.1) is 0 Å². The third kappa shape index (κ3) is 4.41. The molecule has 0 aromatic heterocycles. The highest BCUT2D eigenvalue weighted by atomic mass is 35.6. The molecule has 7 heteroatoms. The molecule has 0 unspecified atom stereocenters. The van der Waals surface area contributed by atoms with E-state index in [1.807, 2.05) is 0 Å². The highest BCUT2D eigenvalue weighted by Crippen LogP contribution is 2.44. The Balaban J connectivity index is 4.00. The van der Waals surface area contributed by atoms with E-state index in [-0.39, 0.29) is 9.76 Å². The SMILES string of the molecule is CCO[Si]C(Cl)(Cl)C(Cl)(Cl)Cl. The molecule has 0 rings (SSSR count). The van der Waals surface area contributed by atoms with Gasteiger partial charge in [0.1, 0.15) is 0 Å². The van der Waals surface area contributed by atoms with Crippen LogP contribution in [0.4, 0.5) is 0 Å². The first kappa shape index (κ1) is 12.6. The van der Waals surface area contributed by atoms with Crippen LogP contribution in [0.1, 0.15) is 6.92 Å².